The summed E-state index contributed by atoms with van der Waals surface area (Å²) in [6.45, 7) is 5.51. The van der Waals surface area contributed by atoms with Crippen LogP contribution >= 0.6 is 0 Å². The molecule has 1 saturated heterocycles. The highest BCUT2D eigenvalue weighted by Gasteiger charge is 2.18. The van der Waals surface area contributed by atoms with Crippen LogP contribution in [0.2, 0.25) is 0 Å². The van der Waals surface area contributed by atoms with Gasteiger partial charge in [0.25, 0.3) is 5.91 Å². The van der Waals surface area contributed by atoms with E-state index in [1.807, 2.05) is 40.0 Å². The van der Waals surface area contributed by atoms with E-state index in [4.69, 9.17) is 0 Å². The van der Waals surface area contributed by atoms with Crippen molar-refractivity contribution in [2.45, 2.75) is 45.3 Å². The molecule has 3 rings (SSSR count). The van der Waals surface area contributed by atoms with Gasteiger partial charge in [-0.05, 0) is 49.9 Å². The van der Waals surface area contributed by atoms with E-state index in [0.717, 1.165) is 50.1 Å². The van der Waals surface area contributed by atoms with Crippen LogP contribution in [0.3, 0.4) is 0 Å². The number of rotatable bonds is 6. The topological polar surface area (TPSA) is 50.2 Å². The summed E-state index contributed by atoms with van der Waals surface area (Å²) < 4.78 is 1.92. The highest BCUT2D eigenvalue weighted by atomic mass is 16.2. The molecule has 1 aromatic carbocycles. The number of aromatic nitrogens is 2. The zero-order valence-electron chi connectivity index (χ0n) is 14.3. The Kier molecular flexibility index (Phi) is 5.64. The molecule has 2 aromatic rings. The normalized spacial score (nSPS) is 16.1. The third-order valence-electron chi connectivity index (χ3n) is 4.49. The Labute approximate surface area is 143 Å². The molecule has 1 unspecified atom stereocenters. The van der Waals surface area contributed by atoms with E-state index in [-0.39, 0.29) is 5.91 Å². The van der Waals surface area contributed by atoms with Crippen LogP contribution < -0.4 is 5.32 Å². The summed E-state index contributed by atoms with van der Waals surface area (Å²) in [6.07, 6.45) is 7.25. The molecule has 128 valence electrons. The minimum atomic E-state index is 0.168. The number of hydrogen-bond acceptors (Lipinski definition) is 3. The van der Waals surface area contributed by atoms with E-state index in [9.17, 15) is 4.79 Å². The molecule has 5 heteroatoms. The maximum atomic E-state index is 12.6. The molecule has 1 N–H and O–H groups in total. The van der Waals surface area contributed by atoms with Gasteiger partial charge in [0.1, 0.15) is 0 Å². The summed E-state index contributed by atoms with van der Waals surface area (Å²) in [7, 11) is 0. The van der Waals surface area contributed by atoms with Crippen molar-refractivity contribution in [2.75, 3.05) is 13.1 Å². The van der Waals surface area contributed by atoms with Gasteiger partial charge >= 0.3 is 0 Å². The maximum absolute atomic E-state index is 12.6. The van der Waals surface area contributed by atoms with Gasteiger partial charge in [0, 0.05) is 43.6 Å². The molecule has 1 aromatic heterocycles. The number of hydrogen-bond donors (Lipinski definition) is 1. The molecule has 0 saturated carbocycles. The molecule has 1 aliphatic heterocycles. The number of nitrogens with zero attached hydrogens (tertiary/aromatic N) is 3. The van der Waals surface area contributed by atoms with Gasteiger partial charge in [0.15, 0.2) is 0 Å². The summed E-state index contributed by atoms with van der Waals surface area (Å²) >= 11 is 0. The van der Waals surface area contributed by atoms with Crippen LogP contribution in [0, 0.1) is 0 Å². The zero-order valence-corrected chi connectivity index (χ0v) is 14.3. The molecule has 24 heavy (non-hydrogen) atoms. The zero-order chi connectivity index (χ0) is 16.8. The van der Waals surface area contributed by atoms with Crippen LogP contribution in [0.5, 0.6) is 0 Å². The predicted octanol–water partition coefficient (Wildman–Crippen LogP) is 2.69. The number of carbonyl (C=O) groups excluding carboxylic acids is 1. The minimum absolute atomic E-state index is 0.168. The first-order chi connectivity index (χ1) is 11.7. The Morgan fingerprint density at radius 3 is 2.83 bits per heavy atom. The fourth-order valence-electron chi connectivity index (χ4n) is 3.14. The predicted molar refractivity (Wildman–Crippen MR) is 94.7 cm³/mol. The molecule has 1 amide bonds. The summed E-state index contributed by atoms with van der Waals surface area (Å²) in [6, 6.07) is 10.2. The van der Waals surface area contributed by atoms with Crippen molar-refractivity contribution in [2.24, 2.45) is 0 Å². The lowest BCUT2D eigenvalue weighted by Gasteiger charge is -2.26. The Balaban J connectivity index is 1.55. The molecule has 1 fully saturated rings. The van der Waals surface area contributed by atoms with Gasteiger partial charge in [-0.15, -0.1) is 0 Å². The Hall–Kier alpha value is -2.14. The van der Waals surface area contributed by atoms with Crippen molar-refractivity contribution >= 4 is 5.91 Å². The number of likely N-dealkylation sites (tertiary alicyclic amines) is 1. The maximum Gasteiger partial charge on any atom is 0.253 e. The minimum Gasteiger partial charge on any atom is -0.339 e. The molecule has 2 heterocycles. The second kappa shape index (κ2) is 8.11. The first kappa shape index (κ1) is 16.7. The fraction of sp³-hybridized carbons (Fsp3) is 0.474. The van der Waals surface area contributed by atoms with Gasteiger partial charge in [-0.25, -0.2) is 0 Å². The first-order valence-electron chi connectivity index (χ1n) is 8.81. The number of amides is 1. The van der Waals surface area contributed by atoms with Crippen molar-refractivity contribution in [3.8, 4) is 0 Å². The van der Waals surface area contributed by atoms with Crippen LogP contribution in [-0.4, -0.2) is 39.7 Å². The van der Waals surface area contributed by atoms with Gasteiger partial charge in [0.2, 0.25) is 0 Å². The lowest BCUT2D eigenvalue weighted by molar-refractivity contribution is 0.0724. The first-order valence-corrected chi connectivity index (χ1v) is 8.81. The van der Waals surface area contributed by atoms with Crippen LogP contribution in [0.4, 0.5) is 0 Å². The molecule has 0 radical (unpaired) electrons. The third kappa shape index (κ3) is 4.45. The Morgan fingerprint density at radius 1 is 1.25 bits per heavy atom. The SMILES string of the molecule is CC(Cn1cccn1)NCc1cccc(C(=O)N2CCCCC2)c1. The molecule has 0 spiro atoms. The quantitative estimate of drug-likeness (QED) is 0.888. The summed E-state index contributed by atoms with van der Waals surface area (Å²) in [4.78, 5) is 14.6. The van der Waals surface area contributed by atoms with E-state index in [1.54, 1.807) is 6.20 Å². The van der Waals surface area contributed by atoms with Gasteiger partial charge in [0.05, 0.1) is 6.54 Å². The van der Waals surface area contributed by atoms with Crippen molar-refractivity contribution in [1.82, 2.24) is 20.0 Å². The smallest absolute Gasteiger partial charge is 0.253 e. The van der Waals surface area contributed by atoms with Crippen molar-refractivity contribution < 1.29 is 4.79 Å². The highest BCUT2D eigenvalue weighted by Crippen LogP contribution is 2.14. The third-order valence-corrected chi connectivity index (χ3v) is 4.49. The van der Waals surface area contributed by atoms with Crippen LogP contribution in [-0.2, 0) is 13.1 Å². The number of nitrogens with one attached hydrogen (secondary N) is 1. The van der Waals surface area contributed by atoms with Gasteiger partial charge < -0.3 is 10.2 Å². The van der Waals surface area contributed by atoms with E-state index in [1.165, 1.54) is 6.42 Å². The van der Waals surface area contributed by atoms with E-state index in [2.05, 4.69) is 23.4 Å². The second-order valence-electron chi connectivity index (χ2n) is 6.56. The Morgan fingerprint density at radius 2 is 2.08 bits per heavy atom. The number of carbonyl (C=O) groups is 1. The average molecular weight is 326 g/mol. The molecule has 5 nitrogen and oxygen atoms in total. The van der Waals surface area contributed by atoms with Crippen LogP contribution in [0.25, 0.3) is 0 Å². The van der Waals surface area contributed by atoms with Crippen molar-refractivity contribution in [1.29, 1.82) is 0 Å². The summed E-state index contributed by atoms with van der Waals surface area (Å²) in [5.74, 6) is 0.168. The largest absolute Gasteiger partial charge is 0.339 e. The Bertz CT molecular complexity index is 647. The van der Waals surface area contributed by atoms with Gasteiger partial charge in [-0.1, -0.05) is 12.1 Å². The monoisotopic (exact) mass is 326 g/mol. The summed E-state index contributed by atoms with van der Waals surface area (Å²) in [5, 5.41) is 7.72. The standard InChI is InChI=1S/C19H26N4O/c1-16(15-23-12-6-9-21-23)20-14-17-7-5-8-18(13-17)19(24)22-10-3-2-4-11-22/h5-9,12-13,16,20H,2-4,10-11,14-15H2,1H3. The van der Waals surface area contributed by atoms with Gasteiger partial charge in [-0.3, -0.25) is 9.48 Å². The fourth-order valence-corrected chi connectivity index (χ4v) is 3.14. The summed E-state index contributed by atoms with van der Waals surface area (Å²) in [5.41, 5.74) is 1.95. The molecular weight excluding hydrogens is 300 g/mol. The van der Waals surface area contributed by atoms with Crippen molar-refractivity contribution in [3.05, 3.63) is 53.9 Å². The lowest BCUT2D eigenvalue weighted by atomic mass is 10.1. The molecule has 1 atom stereocenters. The van der Waals surface area contributed by atoms with E-state index in [0.29, 0.717) is 6.04 Å². The molecule has 0 aliphatic carbocycles. The van der Waals surface area contributed by atoms with Crippen LogP contribution in [0.15, 0.2) is 42.7 Å². The highest BCUT2D eigenvalue weighted by molar-refractivity contribution is 5.94. The second-order valence-corrected chi connectivity index (χ2v) is 6.56. The lowest BCUT2D eigenvalue weighted by Crippen LogP contribution is -2.35. The average Bonchev–Trinajstić information content (AvgIpc) is 3.13. The molecule has 1 aliphatic rings. The number of benzene rings is 1. The molecular formula is C19H26N4O. The molecule has 0 bridgehead atoms. The van der Waals surface area contributed by atoms with Gasteiger partial charge in [-0.2, -0.15) is 5.10 Å². The van der Waals surface area contributed by atoms with Crippen LogP contribution in [0.1, 0.15) is 42.1 Å². The number of piperidine rings is 1. The van der Waals surface area contributed by atoms with E-state index < -0.39 is 0 Å². The van der Waals surface area contributed by atoms with Crippen molar-refractivity contribution in [3.63, 3.8) is 0 Å². The van der Waals surface area contributed by atoms with E-state index >= 15 is 0 Å².